The van der Waals surface area contributed by atoms with Crippen molar-refractivity contribution in [2.75, 3.05) is 0 Å². The van der Waals surface area contributed by atoms with Crippen molar-refractivity contribution in [1.29, 1.82) is 0 Å². The van der Waals surface area contributed by atoms with Crippen molar-refractivity contribution in [1.82, 2.24) is 14.3 Å². The highest BCUT2D eigenvalue weighted by Gasteiger charge is 2.16. The summed E-state index contributed by atoms with van der Waals surface area (Å²) in [5.41, 5.74) is 5.64. The van der Waals surface area contributed by atoms with Gasteiger partial charge in [-0.05, 0) is 19.8 Å². The quantitative estimate of drug-likeness (QED) is 0.708. The van der Waals surface area contributed by atoms with Gasteiger partial charge in [-0.3, -0.25) is 4.57 Å². The fourth-order valence-electron chi connectivity index (χ4n) is 1.84. The normalized spacial score (nSPS) is 17.9. The van der Waals surface area contributed by atoms with Crippen LogP contribution in [-0.2, 0) is 19.5 Å². The molecule has 78 valence electrons. The third kappa shape index (κ3) is 1.59. The summed E-state index contributed by atoms with van der Waals surface area (Å²) < 4.78 is 3.26. The Balaban J connectivity index is 2.34. The number of hydrogen-bond acceptors (Lipinski definition) is 3. The Morgan fingerprint density at radius 1 is 1.57 bits per heavy atom. The molecule has 5 heteroatoms. The first kappa shape index (κ1) is 9.45. The molecule has 0 saturated heterocycles. The van der Waals surface area contributed by atoms with E-state index in [2.05, 4.69) is 5.10 Å². The molecule has 0 amide bonds. The molecule has 2 rings (SSSR count). The zero-order valence-electron chi connectivity index (χ0n) is 8.44. The van der Waals surface area contributed by atoms with Crippen LogP contribution in [0.15, 0.2) is 4.79 Å². The summed E-state index contributed by atoms with van der Waals surface area (Å²) in [5.74, 6) is 0.918. The third-order valence-corrected chi connectivity index (χ3v) is 2.49. The van der Waals surface area contributed by atoms with Crippen LogP contribution in [0.1, 0.15) is 25.6 Å². The van der Waals surface area contributed by atoms with E-state index in [4.69, 9.17) is 5.73 Å². The molecule has 1 aromatic heterocycles. The highest BCUT2D eigenvalue weighted by molar-refractivity contribution is 4.91. The van der Waals surface area contributed by atoms with Gasteiger partial charge >= 0.3 is 5.69 Å². The maximum Gasteiger partial charge on any atom is 0.345 e. The monoisotopic (exact) mass is 196 g/mol. The fourth-order valence-corrected chi connectivity index (χ4v) is 1.84. The molecule has 1 aliphatic heterocycles. The Kier molecular flexibility index (Phi) is 2.41. The van der Waals surface area contributed by atoms with Crippen LogP contribution < -0.4 is 11.4 Å². The van der Waals surface area contributed by atoms with Crippen LogP contribution >= 0.6 is 0 Å². The van der Waals surface area contributed by atoms with Gasteiger partial charge in [0.1, 0.15) is 5.82 Å². The molecular formula is C9H16N4O. The van der Waals surface area contributed by atoms with E-state index in [-0.39, 0.29) is 11.7 Å². The van der Waals surface area contributed by atoms with Crippen molar-refractivity contribution in [3.8, 4) is 0 Å². The van der Waals surface area contributed by atoms with Gasteiger partial charge in [-0.15, -0.1) is 0 Å². The molecule has 0 radical (unpaired) electrons. The van der Waals surface area contributed by atoms with Gasteiger partial charge in [0.05, 0.1) is 6.54 Å². The minimum Gasteiger partial charge on any atom is -0.326 e. The van der Waals surface area contributed by atoms with Crippen molar-refractivity contribution in [2.45, 2.75) is 45.3 Å². The maximum atomic E-state index is 11.8. The van der Waals surface area contributed by atoms with Crippen molar-refractivity contribution in [3.63, 3.8) is 0 Å². The average Bonchev–Trinajstić information content (AvgIpc) is 2.44. The SMILES string of the molecule is CC(N)Cn1nc2n(c1=O)CCCC2. The highest BCUT2D eigenvalue weighted by atomic mass is 16.2. The molecule has 0 bridgehead atoms. The van der Waals surface area contributed by atoms with Crippen LogP contribution in [-0.4, -0.2) is 20.4 Å². The van der Waals surface area contributed by atoms with Gasteiger partial charge in [-0.25, -0.2) is 9.48 Å². The Labute approximate surface area is 82.5 Å². The van der Waals surface area contributed by atoms with Crippen molar-refractivity contribution in [3.05, 3.63) is 16.3 Å². The number of aromatic nitrogens is 3. The molecule has 1 atom stereocenters. The molecule has 14 heavy (non-hydrogen) atoms. The average molecular weight is 196 g/mol. The van der Waals surface area contributed by atoms with Crippen LogP contribution in [0.4, 0.5) is 0 Å². The summed E-state index contributed by atoms with van der Waals surface area (Å²) in [6.07, 6.45) is 3.13. The number of rotatable bonds is 2. The predicted octanol–water partition coefficient (Wildman–Crippen LogP) is -0.272. The summed E-state index contributed by atoms with van der Waals surface area (Å²) in [4.78, 5) is 11.8. The Hall–Kier alpha value is -1.10. The van der Waals surface area contributed by atoms with E-state index in [9.17, 15) is 4.79 Å². The Morgan fingerprint density at radius 2 is 2.36 bits per heavy atom. The molecule has 0 fully saturated rings. The van der Waals surface area contributed by atoms with Gasteiger partial charge in [0.2, 0.25) is 0 Å². The summed E-state index contributed by atoms with van der Waals surface area (Å²) in [6, 6.07) is -0.0235. The lowest BCUT2D eigenvalue weighted by atomic mass is 10.2. The minimum atomic E-state index is -0.0235. The first-order valence-corrected chi connectivity index (χ1v) is 5.10. The number of nitrogens with zero attached hydrogens (tertiary/aromatic N) is 3. The standard InChI is InChI=1S/C9H16N4O/c1-7(10)6-13-9(14)12-5-3-2-4-8(12)11-13/h7H,2-6,10H2,1H3. The summed E-state index contributed by atoms with van der Waals surface area (Å²) in [5, 5.41) is 4.28. The molecule has 1 aliphatic rings. The lowest BCUT2D eigenvalue weighted by molar-refractivity contribution is 0.503. The van der Waals surface area contributed by atoms with Gasteiger partial charge < -0.3 is 5.73 Å². The smallest absolute Gasteiger partial charge is 0.326 e. The third-order valence-electron chi connectivity index (χ3n) is 2.49. The van der Waals surface area contributed by atoms with E-state index >= 15 is 0 Å². The van der Waals surface area contributed by atoms with Crippen LogP contribution in [0.5, 0.6) is 0 Å². The van der Waals surface area contributed by atoms with Crippen LogP contribution in [0.25, 0.3) is 0 Å². The largest absolute Gasteiger partial charge is 0.345 e. The van der Waals surface area contributed by atoms with E-state index in [0.717, 1.165) is 31.6 Å². The molecule has 2 heterocycles. The second kappa shape index (κ2) is 3.57. The van der Waals surface area contributed by atoms with Crippen molar-refractivity contribution in [2.24, 2.45) is 5.73 Å². The van der Waals surface area contributed by atoms with Crippen LogP contribution in [0.2, 0.25) is 0 Å². The van der Waals surface area contributed by atoms with E-state index in [1.54, 1.807) is 4.57 Å². The maximum absolute atomic E-state index is 11.8. The van der Waals surface area contributed by atoms with Gasteiger partial charge in [-0.1, -0.05) is 0 Å². The first-order chi connectivity index (χ1) is 6.68. The topological polar surface area (TPSA) is 65.8 Å². The molecular weight excluding hydrogens is 180 g/mol. The van der Waals surface area contributed by atoms with Gasteiger partial charge in [0.25, 0.3) is 0 Å². The minimum absolute atomic E-state index is 0.00278. The predicted molar refractivity (Wildman–Crippen MR) is 53.1 cm³/mol. The molecule has 5 nitrogen and oxygen atoms in total. The molecule has 0 saturated carbocycles. The molecule has 1 aromatic rings. The van der Waals surface area contributed by atoms with E-state index in [1.165, 1.54) is 4.68 Å². The lowest BCUT2D eigenvalue weighted by Crippen LogP contribution is -2.32. The first-order valence-electron chi connectivity index (χ1n) is 5.10. The van der Waals surface area contributed by atoms with Crippen molar-refractivity contribution >= 4 is 0 Å². The zero-order chi connectivity index (χ0) is 10.1. The molecule has 0 aliphatic carbocycles. The second-order valence-electron chi connectivity index (χ2n) is 3.97. The Morgan fingerprint density at radius 3 is 3.00 bits per heavy atom. The number of aryl methyl sites for hydroxylation is 1. The zero-order valence-corrected chi connectivity index (χ0v) is 8.44. The van der Waals surface area contributed by atoms with Crippen LogP contribution in [0, 0.1) is 0 Å². The van der Waals surface area contributed by atoms with E-state index < -0.39 is 0 Å². The summed E-state index contributed by atoms with van der Waals surface area (Å²) in [6.45, 7) is 3.21. The van der Waals surface area contributed by atoms with Crippen molar-refractivity contribution < 1.29 is 0 Å². The summed E-state index contributed by atoms with van der Waals surface area (Å²) >= 11 is 0. The molecule has 1 unspecified atom stereocenters. The number of fused-ring (bicyclic) bond motifs is 1. The van der Waals surface area contributed by atoms with Gasteiger partial charge in [0, 0.05) is 19.0 Å². The Bertz CT molecular complexity index is 377. The highest BCUT2D eigenvalue weighted by Crippen LogP contribution is 2.09. The van der Waals surface area contributed by atoms with Gasteiger partial charge in [0.15, 0.2) is 0 Å². The lowest BCUT2D eigenvalue weighted by Gasteiger charge is -2.09. The fraction of sp³-hybridized carbons (Fsp3) is 0.778. The molecule has 0 aromatic carbocycles. The number of hydrogen-bond donors (Lipinski definition) is 1. The van der Waals surface area contributed by atoms with Crippen LogP contribution in [0.3, 0.4) is 0 Å². The molecule has 2 N–H and O–H groups in total. The number of nitrogens with two attached hydrogens (primary N) is 1. The second-order valence-corrected chi connectivity index (χ2v) is 3.97. The molecule has 0 spiro atoms. The van der Waals surface area contributed by atoms with Gasteiger partial charge in [-0.2, -0.15) is 5.10 Å². The van der Waals surface area contributed by atoms with E-state index in [0.29, 0.717) is 6.54 Å². The van der Waals surface area contributed by atoms with E-state index in [1.807, 2.05) is 6.92 Å². The summed E-state index contributed by atoms with van der Waals surface area (Å²) in [7, 11) is 0.